The van der Waals surface area contributed by atoms with Crippen molar-refractivity contribution in [3.05, 3.63) is 76.7 Å². The number of ether oxygens (including phenoxy) is 2. The number of rotatable bonds is 7. The second kappa shape index (κ2) is 10.3. The quantitative estimate of drug-likeness (QED) is 0.566. The van der Waals surface area contributed by atoms with E-state index in [1.807, 2.05) is 42.5 Å². The van der Waals surface area contributed by atoms with Crippen LogP contribution in [0.3, 0.4) is 0 Å². The fourth-order valence-corrected chi connectivity index (χ4v) is 4.33. The zero-order valence-corrected chi connectivity index (χ0v) is 18.6. The highest BCUT2D eigenvalue weighted by Crippen LogP contribution is 2.34. The van der Waals surface area contributed by atoms with E-state index in [1.165, 1.54) is 11.3 Å². The number of benzene rings is 2. The Morgan fingerprint density at radius 3 is 2.47 bits per heavy atom. The monoisotopic (exact) mass is 451 g/mol. The number of amides is 2. The Balaban J connectivity index is 1.54. The average Bonchev–Trinajstić information content (AvgIpc) is 3.26. The molecular weight excluding hydrogens is 426 g/mol. The van der Waals surface area contributed by atoms with Crippen LogP contribution in [0.2, 0.25) is 0 Å². The van der Waals surface area contributed by atoms with E-state index >= 15 is 0 Å². The van der Waals surface area contributed by atoms with Gasteiger partial charge in [0, 0.05) is 25.2 Å². The highest BCUT2D eigenvalue weighted by Gasteiger charge is 2.23. The molecule has 2 heterocycles. The zero-order chi connectivity index (χ0) is 22.3. The van der Waals surface area contributed by atoms with E-state index in [2.05, 4.69) is 10.6 Å². The molecule has 0 unspecified atom stereocenters. The van der Waals surface area contributed by atoms with Crippen LogP contribution in [0.15, 0.2) is 60.7 Å². The van der Waals surface area contributed by atoms with E-state index in [4.69, 9.17) is 9.47 Å². The number of hydrogen-bond donors (Lipinski definition) is 2. The Hall–Kier alpha value is -3.36. The lowest BCUT2D eigenvalue weighted by Gasteiger charge is -2.26. The third-order valence-corrected chi connectivity index (χ3v) is 6.22. The number of carbonyl (C=O) groups excluding carboxylic acids is 2. The Kier molecular flexibility index (Phi) is 7.03. The predicted molar refractivity (Wildman–Crippen MR) is 126 cm³/mol. The summed E-state index contributed by atoms with van der Waals surface area (Å²) >= 11 is 1.34. The van der Waals surface area contributed by atoms with E-state index < -0.39 is 0 Å². The molecule has 2 N–H and O–H groups in total. The van der Waals surface area contributed by atoms with Crippen LogP contribution in [0.4, 0.5) is 10.7 Å². The summed E-state index contributed by atoms with van der Waals surface area (Å²) in [5.41, 5.74) is 2.20. The topological polar surface area (TPSA) is 79.9 Å². The molecule has 0 radical (unpaired) electrons. The third-order valence-electron chi connectivity index (χ3n) is 5.14. The summed E-state index contributed by atoms with van der Waals surface area (Å²) in [6.07, 6.45) is 0. The zero-order valence-electron chi connectivity index (χ0n) is 17.8. The van der Waals surface area contributed by atoms with E-state index in [0.717, 1.165) is 16.3 Å². The van der Waals surface area contributed by atoms with Crippen LogP contribution < -0.4 is 15.4 Å². The first-order valence-electron chi connectivity index (χ1n) is 10.4. The van der Waals surface area contributed by atoms with Crippen molar-refractivity contribution >= 4 is 33.8 Å². The molecule has 0 saturated carbocycles. The Morgan fingerprint density at radius 1 is 1.06 bits per heavy atom. The minimum absolute atomic E-state index is 0.0500. The first-order valence-corrected chi connectivity index (χ1v) is 11.2. The van der Waals surface area contributed by atoms with E-state index in [0.29, 0.717) is 49.0 Å². The highest BCUT2D eigenvalue weighted by molar-refractivity contribution is 7.18. The molecule has 1 aliphatic heterocycles. The van der Waals surface area contributed by atoms with Crippen LogP contribution in [0.5, 0.6) is 5.75 Å². The molecule has 0 aliphatic carbocycles. The maximum atomic E-state index is 13.0. The molecule has 8 heteroatoms. The standard InChI is InChI=1S/C24H25N3O4S/c1-30-19-9-7-17(8-10-19)16-25-23-20(26-22(28)18-5-3-2-4-6-18)15-21(32-23)24(29)27-11-13-31-14-12-27/h2-10,15,25H,11-14,16H2,1H3,(H,26,28). The van der Waals surface area contributed by atoms with Crippen molar-refractivity contribution in [2.75, 3.05) is 44.0 Å². The molecule has 1 fully saturated rings. The number of hydrogen-bond acceptors (Lipinski definition) is 6. The Labute approximate surface area is 191 Å². The molecular formula is C24H25N3O4S. The smallest absolute Gasteiger partial charge is 0.264 e. The molecule has 2 aromatic carbocycles. The Bertz CT molecular complexity index is 1060. The molecule has 32 heavy (non-hydrogen) atoms. The van der Waals surface area contributed by atoms with Crippen LogP contribution in [-0.2, 0) is 11.3 Å². The molecule has 166 valence electrons. The van der Waals surface area contributed by atoms with Crippen LogP contribution in [0.1, 0.15) is 25.6 Å². The molecule has 0 bridgehead atoms. The van der Waals surface area contributed by atoms with Crippen LogP contribution in [0.25, 0.3) is 0 Å². The van der Waals surface area contributed by atoms with Crippen molar-refractivity contribution < 1.29 is 19.1 Å². The van der Waals surface area contributed by atoms with Gasteiger partial charge in [-0.25, -0.2) is 0 Å². The summed E-state index contributed by atoms with van der Waals surface area (Å²) in [6, 6.07) is 18.5. The number of morpholine rings is 1. The van der Waals surface area contributed by atoms with Gasteiger partial charge in [-0.1, -0.05) is 30.3 Å². The summed E-state index contributed by atoms with van der Waals surface area (Å²) in [6.45, 7) is 2.76. The molecule has 7 nitrogen and oxygen atoms in total. The first-order chi connectivity index (χ1) is 15.6. The van der Waals surface area contributed by atoms with Gasteiger partial charge >= 0.3 is 0 Å². The van der Waals surface area contributed by atoms with Gasteiger partial charge in [0.1, 0.15) is 10.8 Å². The van der Waals surface area contributed by atoms with Gasteiger partial charge in [0.05, 0.1) is 30.9 Å². The first kappa shape index (κ1) is 21.9. The minimum atomic E-state index is -0.221. The largest absolute Gasteiger partial charge is 0.497 e. The van der Waals surface area contributed by atoms with Gasteiger partial charge in [0.25, 0.3) is 11.8 Å². The van der Waals surface area contributed by atoms with E-state index in [-0.39, 0.29) is 11.8 Å². The molecule has 1 saturated heterocycles. The van der Waals surface area contributed by atoms with Crippen molar-refractivity contribution in [1.82, 2.24) is 4.90 Å². The summed E-state index contributed by atoms with van der Waals surface area (Å²) < 4.78 is 10.6. The van der Waals surface area contributed by atoms with Crippen molar-refractivity contribution in [3.63, 3.8) is 0 Å². The van der Waals surface area contributed by atoms with Crippen molar-refractivity contribution in [2.24, 2.45) is 0 Å². The van der Waals surface area contributed by atoms with Crippen LogP contribution in [-0.4, -0.2) is 50.1 Å². The molecule has 0 atom stereocenters. The molecule has 1 aliphatic rings. The third kappa shape index (κ3) is 5.27. The number of methoxy groups -OCH3 is 1. The summed E-state index contributed by atoms with van der Waals surface area (Å²) in [7, 11) is 1.63. The number of anilines is 2. The molecule has 4 rings (SSSR count). The normalized spacial score (nSPS) is 13.5. The molecule has 3 aromatic rings. The number of nitrogens with one attached hydrogen (secondary N) is 2. The van der Waals surface area contributed by atoms with Crippen molar-refractivity contribution in [1.29, 1.82) is 0 Å². The lowest BCUT2D eigenvalue weighted by Crippen LogP contribution is -2.40. The van der Waals surface area contributed by atoms with E-state index in [1.54, 1.807) is 30.2 Å². The van der Waals surface area contributed by atoms with Gasteiger partial charge in [-0.3, -0.25) is 9.59 Å². The van der Waals surface area contributed by atoms with Gasteiger partial charge in [0.2, 0.25) is 0 Å². The minimum Gasteiger partial charge on any atom is -0.497 e. The fraction of sp³-hybridized carbons (Fsp3) is 0.250. The fourth-order valence-electron chi connectivity index (χ4n) is 3.35. The highest BCUT2D eigenvalue weighted by atomic mass is 32.1. The molecule has 1 aromatic heterocycles. The van der Waals surface area contributed by atoms with Gasteiger partial charge in [-0.05, 0) is 35.9 Å². The summed E-state index contributed by atoms with van der Waals surface area (Å²) in [5, 5.41) is 7.06. The SMILES string of the molecule is COc1ccc(CNc2sc(C(=O)N3CCOCC3)cc2NC(=O)c2ccccc2)cc1. The molecule has 2 amide bonds. The van der Waals surface area contributed by atoms with Crippen molar-refractivity contribution in [2.45, 2.75) is 6.54 Å². The Morgan fingerprint density at radius 2 is 1.78 bits per heavy atom. The van der Waals surface area contributed by atoms with Gasteiger partial charge in [-0.15, -0.1) is 11.3 Å². The summed E-state index contributed by atoms with van der Waals surface area (Å²) in [4.78, 5) is 28.1. The second-order valence-electron chi connectivity index (χ2n) is 7.28. The predicted octanol–water partition coefficient (Wildman–Crippen LogP) is 4.09. The van der Waals surface area contributed by atoms with Gasteiger partial charge < -0.3 is 25.0 Å². The lowest BCUT2D eigenvalue weighted by atomic mass is 10.2. The maximum absolute atomic E-state index is 13.0. The number of carbonyl (C=O) groups is 2. The van der Waals surface area contributed by atoms with Crippen LogP contribution in [0, 0.1) is 0 Å². The number of thiophene rings is 1. The number of nitrogens with zero attached hydrogens (tertiary/aromatic N) is 1. The van der Waals surface area contributed by atoms with E-state index in [9.17, 15) is 9.59 Å². The summed E-state index contributed by atoms with van der Waals surface area (Å²) in [5.74, 6) is 0.520. The van der Waals surface area contributed by atoms with Crippen molar-refractivity contribution in [3.8, 4) is 5.75 Å². The molecule has 0 spiro atoms. The van der Waals surface area contributed by atoms with Gasteiger partial charge in [0.15, 0.2) is 0 Å². The average molecular weight is 452 g/mol. The second-order valence-corrected chi connectivity index (χ2v) is 8.33. The van der Waals surface area contributed by atoms with Crippen LogP contribution >= 0.6 is 11.3 Å². The lowest BCUT2D eigenvalue weighted by molar-refractivity contribution is 0.0306. The van der Waals surface area contributed by atoms with Gasteiger partial charge in [-0.2, -0.15) is 0 Å². The maximum Gasteiger partial charge on any atom is 0.264 e.